The predicted molar refractivity (Wildman–Crippen MR) is 64.3 cm³/mol. The smallest absolute Gasteiger partial charge is 0.340 e. The lowest BCUT2D eigenvalue weighted by atomic mass is 10.2. The minimum atomic E-state index is -0.729. The molecule has 0 aromatic heterocycles. The van der Waals surface area contributed by atoms with Gasteiger partial charge in [-0.15, -0.1) is 0 Å². The Morgan fingerprint density at radius 1 is 1.28 bits per heavy atom. The SMILES string of the molecule is CNC(=O)NC(=O)COC(=O)c1ccccc1Cl. The first-order chi connectivity index (χ1) is 8.54. The summed E-state index contributed by atoms with van der Waals surface area (Å²) in [4.78, 5) is 33.5. The van der Waals surface area contributed by atoms with Crippen LogP contribution in [0.4, 0.5) is 4.79 Å². The normalized spacial score (nSPS) is 9.44. The maximum absolute atomic E-state index is 11.5. The summed E-state index contributed by atoms with van der Waals surface area (Å²) in [5.74, 6) is -1.46. The molecule has 2 N–H and O–H groups in total. The average molecular weight is 271 g/mol. The summed E-state index contributed by atoms with van der Waals surface area (Å²) in [5.41, 5.74) is 0.159. The van der Waals surface area contributed by atoms with Crippen LogP contribution >= 0.6 is 11.6 Å². The highest BCUT2D eigenvalue weighted by atomic mass is 35.5. The number of benzene rings is 1. The van der Waals surface area contributed by atoms with Gasteiger partial charge in [-0.05, 0) is 12.1 Å². The molecule has 0 fully saturated rings. The fourth-order valence-corrected chi connectivity index (χ4v) is 1.27. The molecule has 0 atom stereocenters. The molecule has 0 aliphatic heterocycles. The predicted octanol–water partition coefficient (Wildman–Crippen LogP) is 0.952. The number of halogens is 1. The fourth-order valence-electron chi connectivity index (χ4n) is 1.06. The highest BCUT2D eigenvalue weighted by molar-refractivity contribution is 6.33. The summed E-state index contributed by atoms with van der Waals surface area (Å²) >= 11 is 5.78. The van der Waals surface area contributed by atoms with Crippen LogP contribution in [0.3, 0.4) is 0 Å². The first kappa shape index (κ1) is 14.0. The summed E-state index contributed by atoms with van der Waals surface area (Å²) in [6, 6.07) is 5.61. The third kappa shape index (κ3) is 4.06. The molecule has 0 spiro atoms. The van der Waals surface area contributed by atoms with E-state index in [4.69, 9.17) is 16.3 Å². The number of hydrogen-bond donors (Lipinski definition) is 2. The molecule has 0 aliphatic rings. The van der Waals surface area contributed by atoms with Gasteiger partial charge in [0, 0.05) is 7.05 Å². The second kappa shape index (κ2) is 6.61. The molecule has 0 heterocycles. The van der Waals surface area contributed by atoms with Gasteiger partial charge in [0.05, 0.1) is 10.6 Å². The summed E-state index contributed by atoms with van der Waals surface area (Å²) in [6.45, 7) is -0.558. The number of carbonyl (C=O) groups is 3. The third-order valence-corrected chi connectivity index (χ3v) is 2.24. The van der Waals surface area contributed by atoms with Gasteiger partial charge in [-0.1, -0.05) is 23.7 Å². The Morgan fingerprint density at radius 3 is 2.56 bits per heavy atom. The zero-order valence-electron chi connectivity index (χ0n) is 9.53. The van der Waals surface area contributed by atoms with Crippen molar-refractivity contribution in [3.63, 3.8) is 0 Å². The Morgan fingerprint density at radius 2 is 1.94 bits per heavy atom. The molecule has 0 aliphatic carbocycles. The Labute approximate surface area is 108 Å². The Balaban J connectivity index is 2.50. The first-order valence-electron chi connectivity index (χ1n) is 4.98. The molecule has 1 rings (SSSR count). The van der Waals surface area contributed by atoms with Crippen LogP contribution in [0.25, 0.3) is 0 Å². The van der Waals surface area contributed by atoms with Crippen molar-refractivity contribution in [2.45, 2.75) is 0 Å². The van der Waals surface area contributed by atoms with Gasteiger partial charge in [0.25, 0.3) is 5.91 Å². The van der Waals surface area contributed by atoms with E-state index in [9.17, 15) is 14.4 Å². The van der Waals surface area contributed by atoms with E-state index in [1.54, 1.807) is 12.1 Å². The lowest BCUT2D eigenvalue weighted by molar-refractivity contribution is -0.123. The van der Waals surface area contributed by atoms with Crippen molar-refractivity contribution >= 4 is 29.5 Å². The van der Waals surface area contributed by atoms with Crippen LogP contribution in [0, 0.1) is 0 Å². The molecule has 18 heavy (non-hydrogen) atoms. The van der Waals surface area contributed by atoms with Crippen molar-refractivity contribution in [3.05, 3.63) is 34.9 Å². The Hall–Kier alpha value is -2.08. The highest BCUT2D eigenvalue weighted by Gasteiger charge is 2.13. The number of hydrogen-bond acceptors (Lipinski definition) is 4. The molecule has 1 aromatic rings. The van der Waals surface area contributed by atoms with Gasteiger partial charge in [0.1, 0.15) is 0 Å². The number of carbonyl (C=O) groups excluding carboxylic acids is 3. The van der Waals surface area contributed by atoms with Crippen LogP contribution in [-0.4, -0.2) is 31.6 Å². The second-order valence-corrected chi connectivity index (χ2v) is 3.59. The van der Waals surface area contributed by atoms with Gasteiger partial charge >= 0.3 is 12.0 Å². The van der Waals surface area contributed by atoms with Crippen molar-refractivity contribution in [2.24, 2.45) is 0 Å². The lowest BCUT2D eigenvalue weighted by Crippen LogP contribution is -2.39. The van der Waals surface area contributed by atoms with E-state index in [1.807, 2.05) is 5.32 Å². The summed E-state index contributed by atoms with van der Waals surface area (Å²) in [5, 5.41) is 4.37. The number of rotatable bonds is 3. The number of imide groups is 1. The van der Waals surface area contributed by atoms with Crippen molar-refractivity contribution in [2.75, 3.05) is 13.7 Å². The van der Waals surface area contributed by atoms with Gasteiger partial charge in [-0.3, -0.25) is 10.1 Å². The number of ether oxygens (including phenoxy) is 1. The first-order valence-corrected chi connectivity index (χ1v) is 5.35. The van der Waals surface area contributed by atoms with Crippen molar-refractivity contribution in [1.82, 2.24) is 10.6 Å². The molecule has 7 heteroatoms. The van der Waals surface area contributed by atoms with E-state index < -0.39 is 24.5 Å². The molecular formula is C11H11ClN2O4. The number of nitrogens with one attached hydrogen (secondary N) is 2. The standard InChI is InChI=1S/C11H11ClN2O4/c1-13-11(17)14-9(15)6-18-10(16)7-4-2-3-5-8(7)12/h2-5H,6H2,1H3,(H2,13,14,15,17). The lowest BCUT2D eigenvalue weighted by Gasteiger charge is -2.06. The molecule has 1 aromatic carbocycles. The molecule has 0 radical (unpaired) electrons. The van der Waals surface area contributed by atoms with Gasteiger partial charge < -0.3 is 10.1 Å². The van der Waals surface area contributed by atoms with E-state index in [-0.39, 0.29) is 10.6 Å². The van der Waals surface area contributed by atoms with E-state index in [2.05, 4.69) is 5.32 Å². The monoisotopic (exact) mass is 270 g/mol. The van der Waals surface area contributed by atoms with Crippen LogP contribution in [0.2, 0.25) is 5.02 Å². The summed E-state index contributed by atoms with van der Waals surface area (Å²) in [6.07, 6.45) is 0. The number of amides is 3. The minimum Gasteiger partial charge on any atom is -0.452 e. The Kier molecular flexibility index (Phi) is 5.13. The molecule has 0 saturated heterocycles. The van der Waals surface area contributed by atoms with Crippen molar-refractivity contribution < 1.29 is 19.1 Å². The van der Waals surface area contributed by atoms with Gasteiger partial charge in [-0.25, -0.2) is 9.59 Å². The van der Waals surface area contributed by atoms with E-state index in [1.165, 1.54) is 19.2 Å². The van der Waals surface area contributed by atoms with Crippen LogP contribution in [0.1, 0.15) is 10.4 Å². The van der Waals surface area contributed by atoms with Crippen LogP contribution in [0.15, 0.2) is 24.3 Å². The third-order valence-electron chi connectivity index (χ3n) is 1.91. The maximum Gasteiger partial charge on any atom is 0.340 e. The van der Waals surface area contributed by atoms with E-state index >= 15 is 0 Å². The van der Waals surface area contributed by atoms with Crippen LogP contribution < -0.4 is 10.6 Å². The number of urea groups is 1. The van der Waals surface area contributed by atoms with Crippen LogP contribution in [-0.2, 0) is 9.53 Å². The topological polar surface area (TPSA) is 84.5 Å². The molecule has 96 valence electrons. The molecular weight excluding hydrogens is 260 g/mol. The summed E-state index contributed by atoms with van der Waals surface area (Å²) in [7, 11) is 1.36. The largest absolute Gasteiger partial charge is 0.452 e. The molecule has 6 nitrogen and oxygen atoms in total. The van der Waals surface area contributed by atoms with Crippen molar-refractivity contribution in [3.8, 4) is 0 Å². The van der Waals surface area contributed by atoms with E-state index in [0.717, 1.165) is 0 Å². The van der Waals surface area contributed by atoms with Gasteiger partial charge in [-0.2, -0.15) is 0 Å². The van der Waals surface area contributed by atoms with Crippen molar-refractivity contribution in [1.29, 1.82) is 0 Å². The molecule has 0 bridgehead atoms. The van der Waals surface area contributed by atoms with Crippen LogP contribution in [0.5, 0.6) is 0 Å². The zero-order valence-corrected chi connectivity index (χ0v) is 10.3. The quantitative estimate of drug-likeness (QED) is 0.801. The minimum absolute atomic E-state index is 0.159. The highest BCUT2D eigenvalue weighted by Crippen LogP contribution is 2.15. The molecule has 3 amide bonds. The zero-order chi connectivity index (χ0) is 13.5. The molecule has 0 saturated carbocycles. The molecule has 0 unspecified atom stereocenters. The Bertz CT molecular complexity index is 476. The fraction of sp³-hybridized carbons (Fsp3) is 0.182. The average Bonchev–Trinajstić information content (AvgIpc) is 2.36. The van der Waals surface area contributed by atoms with E-state index in [0.29, 0.717) is 0 Å². The van der Waals surface area contributed by atoms with Gasteiger partial charge in [0.2, 0.25) is 0 Å². The maximum atomic E-state index is 11.5. The number of esters is 1. The summed E-state index contributed by atoms with van der Waals surface area (Å²) < 4.78 is 4.70. The second-order valence-electron chi connectivity index (χ2n) is 3.18. The van der Waals surface area contributed by atoms with Gasteiger partial charge in [0.15, 0.2) is 6.61 Å².